The number of likely N-dealkylation sites (tertiary alicyclic amines) is 1. The number of ketones is 1. The molecule has 0 bridgehead atoms. The molecule has 1 aliphatic rings. The summed E-state index contributed by atoms with van der Waals surface area (Å²) in [5.41, 5.74) is 2.78. The molecule has 0 radical (unpaired) electrons. The summed E-state index contributed by atoms with van der Waals surface area (Å²) in [6.07, 6.45) is -0.00484. The van der Waals surface area contributed by atoms with Crippen molar-refractivity contribution >= 4 is 17.4 Å². The van der Waals surface area contributed by atoms with Crippen molar-refractivity contribution in [3.8, 4) is 17.2 Å². The molecule has 7 heteroatoms. The van der Waals surface area contributed by atoms with Gasteiger partial charge in [-0.15, -0.1) is 0 Å². The number of rotatable bonds is 9. The van der Waals surface area contributed by atoms with Crippen LogP contribution in [0.1, 0.15) is 49.1 Å². The molecule has 7 nitrogen and oxygen atoms in total. The van der Waals surface area contributed by atoms with Crippen molar-refractivity contribution in [2.24, 2.45) is 0 Å². The molecule has 1 unspecified atom stereocenters. The molecule has 1 atom stereocenters. The summed E-state index contributed by atoms with van der Waals surface area (Å²) in [5.74, 6) is 0.384. The molecule has 38 heavy (non-hydrogen) atoms. The van der Waals surface area contributed by atoms with Crippen molar-refractivity contribution in [1.82, 2.24) is 4.90 Å². The zero-order chi connectivity index (χ0) is 27.4. The fraction of sp³-hybridized carbons (Fsp3) is 0.290. The summed E-state index contributed by atoms with van der Waals surface area (Å²) in [6.45, 7) is 8.33. The van der Waals surface area contributed by atoms with Gasteiger partial charge in [-0.25, -0.2) is 0 Å². The van der Waals surface area contributed by atoms with E-state index >= 15 is 0 Å². The van der Waals surface area contributed by atoms with Gasteiger partial charge in [-0.1, -0.05) is 24.3 Å². The van der Waals surface area contributed by atoms with Crippen LogP contribution in [0, 0.1) is 6.92 Å². The van der Waals surface area contributed by atoms with Crippen molar-refractivity contribution in [3.05, 3.63) is 94.6 Å². The second kappa shape index (κ2) is 11.4. The first kappa shape index (κ1) is 26.8. The third-order valence-electron chi connectivity index (χ3n) is 6.34. The van der Waals surface area contributed by atoms with Gasteiger partial charge in [-0.2, -0.15) is 0 Å². The molecule has 1 fully saturated rings. The topological polar surface area (TPSA) is 85.3 Å². The number of amides is 1. The van der Waals surface area contributed by atoms with E-state index in [-0.39, 0.29) is 24.0 Å². The molecule has 1 amide bonds. The first-order chi connectivity index (χ1) is 18.2. The second-order valence-corrected chi connectivity index (χ2v) is 9.43. The van der Waals surface area contributed by atoms with Gasteiger partial charge in [0.2, 0.25) is 0 Å². The Bertz CT molecular complexity index is 1360. The zero-order valence-electron chi connectivity index (χ0n) is 22.4. The van der Waals surface area contributed by atoms with Crippen LogP contribution in [0.3, 0.4) is 0 Å². The third kappa shape index (κ3) is 5.52. The Labute approximate surface area is 223 Å². The van der Waals surface area contributed by atoms with E-state index in [4.69, 9.17) is 14.2 Å². The smallest absolute Gasteiger partial charge is 0.295 e. The van der Waals surface area contributed by atoms with Crippen molar-refractivity contribution in [1.29, 1.82) is 0 Å². The van der Waals surface area contributed by atoms with Crippen molar-refractivity contribution in [2.45, 2.75) is 46.4 Å². The summed E-state index contributed by atoms with van der Waals surface area (Å²) < 4.78 is 16.7. The molecule has 1 aliphatic heterocycles. The number of carbonyl (C=O) groups excluding carboxylic acids is 2. The lowest BCUT2D eigenvalue weighted by molar-refractivity contribution is -0.140. The van der Waals surface area contributed by atoms with Crippen LogP contribution in [0.5, 0.6) is 17.2 Å². The van der Waals surface area contributed by atoms with E-state index in [1.807, 2.05) is 52.0 Å². The van der Waals surface area contributed by atoms with Crippen LogP contribution in [-0.4, -0.2) is 41.5 Å². The lowest BCUT2D eigenvalue weighted by Gasteiger charge is -2.26. The van der Waals surface area contributed by atoms with Gasteiger partial charge in [-0.05, 0) is 86.8 Å². The van der Waals surface area contributed by atoms with Gasteiger partial charge >= 0.3 is 0 Å². The fourth-order valence-corrected chi connectivity index (χ4v) is 4.61. The highest BCUT2D eigenvalue weighted by Crippen LogP contribution is 2.41. The number of hydrogen-bond donors (Lipinski definition) is 1. The van der Waals surface area contributed by atoms with Gasteiger partial charge in [0.1, 0.15) is 23.0 Å². The fourth-order valence-electron chi connectivity index (χ4n) is 4.61. The van der Waals surface area contributed by atoms with Crippen LogP contribution in [-0.2, 0) is 16.1 Å². The number of Topliss-reactive ketones (excluding diaryl/α,β-unsaturated/α-hetero) is 1. The summed E-state index contributed by atoms with van der Waals surface area (Å²) in [4.78, 5) is 28.3. The van der Waals surface area contributed by atoms with Crippen LogP contribution in [0.25, 0.3) is 5.76 Å². The Kier molecular flexibility index (Phi) is 8.05. The molecular formula is C31H33NO6. The maximum absolute atomic E-state index is 13.4. The number of aryl methyl sites for hydroxylation is 1. The quantitative estimate of drug-likeness (QED) is 0.220. The maximum Gasteiger partial charge on any atom is 0.295 e. The van der Waals surface area contributed by atoms with Crippen molar-refractivity contribution in [3.63, 3.8) is 0 Å². The van der Waals surface area contributed by atoms with Gasteiger partial charge in [0.25, 0.3) is 11.7 Å². The summed E-state index contributed by atoms with van der Waals surface area (Å²) in [7, 11) is 1.57. The number of benzene rings is 3. The van der Waals surface area contributed by atoms with Crippen LogP contribution >= 0.6 is 0 Å². The summed E-state index contributed by atoms with van der Waals surface area (Å²) in [6, 6.07) is 19.0. The third-order valence-corrected chi connectivity index (χ3v) is 6.34. The van der Waals surface area contributed by atoms with E-state index < -0.39 is 17.7 Å². The maximum atomic E-state index is 13.4. The molecule has 0 saturated carbocycles. The van der Waals surface area contributed by atoms with Gasteiger partial charge in [0.05, 0.1) is 31.4 Å². The van der Waals surface area contributed by atoms with E-state index in [1.54, 1.807) is 49.6 Å². The monoisotopic (exact) mass is 515 g/mol. The lowest BCUT2D eigenvalue weighted by atomic mass is 9.94. The molecule has 0 spiro atoms. The van der Waals surface area contributed by atoms with Gasteiger partial charge in [0, 0.05) is 12.1 Å². The zero-order valence-corrected chi connectivity index (χ0v) is 22.4. The Hall–Kier alpha value is -4.26. The molecule has 3 aromatic rings. The molecular weight excluding hydrogens is 482 g/mol. The molecule has 3 aromatic carbocycles. The lowest BCUT2D eigenvalue weighted by Crippen LogP contribution is -2.29. The van der Waals surface area contributed by atoms with Crippen LogP contribution in [0.2, 0.25) is 0 Å². The highest BCUT2D eigenvalue weighted by molar-refractivity contribution is 6.46. The number of aliphatic hydroxyl groups excluding tert-OH is 1. The number of aliphatic hydroxyl groups is 1. The van der Waals surface area contributed by atoms with Crippen LogP contribution in [0.15, 0.2) is 72.3 Å². The minimum atomic E-state index is -0.788. The number of ether oxygens (including phenoxy) is 3. The summed E-state index contributed by atoms with van der Waals surface area (Å²) in [5, 5.41) is 11.4. The predicted molar refractivity (Wildman–Crippen MR) is 145 cm³/mol. The second-order valence-electron chi connectivity index (χ2n) is 9.43. The first-order valence-electron chi connectivity index (χ1n) is 12.6. The van der Waals surface area contributed by atoms with Gasteiger partial charge in [-0.3, -0.25) is 9.59 Å². The van der Waals surface area contributed by atoms with Crippen molar-refractivity contribution < 1.29 is 28.9 Å². The average Bonchev–Trinajstić information content (AvgIpc) is 3.14. The number of nitrogens with zero attached hydrogens (tertiary/aromatic N) is 1. The minimum Gasteiger partial charge on any atom is -0.507 e. The average molecular weight is 516 g/mol. The molecule has 1 heterocycles. The van der Waals surface area contributed by atoms with E-state index in [0.29, 0.717) is 35.0 Å². The Balaban J connectivity index is 1.81. The van der Waals surface area contributed by atoms with Gasteiger partial charge in [0.15, 0.2) is 0 Å². The Morgan fingerprint density at radius 1 is 1.00 bits per heavy atom. The standard InChI is InChI=1S/C31H33NO6/c1-6-37-25-9-7-8-21(17-25)18-32-28(22-10-13-24(36-5)14-11-22)27(30(34)31(32)35)29(33)23-12-15-26(20(4)16-23)38-19(2)3/h7-17,19,28,33H,6,18H2,1-5H3/b29-27-. The van der Waals surface area contributed by atoms with Gasteiger partial charge < -0.3 is 24.2 Å². The number of hydrogen-bond acceptors (Lipinski definition) is 6. The molecule has 0 aromatic heterocycles. The normalized spacial score (nSPS) is 16.7. The Morgan fingerprint density at radius 3 is 2.37 bits per heavy atom. The van der Waals surface area contributed by atoms with Crippen molar-refractivity contribution in [2.75, 3.05) is 13.7 Å². The van der Waals surface area contributed by atoms with Crippen LogP contribution in [0.4, 0.5) is 0 Å². The highest BCUT2D eigenvalue weighted by atomic mass is 16.5. The molecule has 198 valence electrons. The minimum absolute atomic E-state index is 0.00484. The first-order valence-corrected chi connectivity index (χ1v) is 12.6. The molecule has 1 N–H and O–H groups in total. The largest absolute Gasteiger partial charge is 0.507 e. The molecule has 0 aliphatic carbocycles. The van der Waals surface area contributed by atoms with E-state index in [9.17, 15) is 14.7 Å². The summed E-state index contributed by atoms with van der Waals surface area (Å²) >= 11 is 0. The SMILES string of the molecule is CCOc1cccc(CN2C(=O)C(=O)/C(=C(\O)c3ccc(OC(C)C)c(C)c3)C2c2ccc(OC)cc2)c1. The van der Waals surface area contributed by atoms with E-state index in [0.717, 1.165) is 11.1 Å². The number of carbonyl (C=O) groups is 2. The number of methoxy groups -OCH3 is 1. The molecule has 1 saturated heterocycles. The van der Waals surface area contributed by atoms with E-state index in [1.165, 1.54) is 4.90 Å². The highest BCUT2D eigenvalue weighted by Gasteiger charge is 2.46. The van der Waals surface area contributed by atoms with E-state index in [2.05, 4.69) is 0 Å². The predicted octanol–water partition coefficient (Wildman–Crippen LogP) is 5.81. The Morgan fingerprint density at radius 2 is 1.74 bits per heavy atom. The van der Waals surface area contributed by atoms with Crippen LogP contribution < -0.4 is 14.2 Å². The molecule has 4 rings (SSSR count).